The van der Waals surface area contributed by atoms with Gasteiger partial charge >= 0.3 is 0 Å². The second-order valence-corrected chi connectivity index (χ2v) is 5.80. The fourth-order valence-corrected chi connectivity index (χ4v) is 3.11. The molecule has 3 rings (SSSR count). The van der Waals surface area contributed by atoms with Crippen LogP contribution in [0, 0.1) is 10.1 Å². The van der Waals surface area contributed by atoms with Crippen LogP contribution in [0.2, 0.25) is 0 Å². The van der Waals surface area contributed by atoms with Gasteiger partial charge in [0.15, 0.2) is 6.61 Å². The van der Waals surface area contributed by atoms with Crippen LogP contribution in [-0.2, 0) is 9.59 Å². The average Bonchev–Trinajstić information content (AvgIpc) is 3.05. The Labute approximate surface area is 138 Å². The molecule has 0 bridgehead atoms. The maximum Gasteiger partial charge on any atom is 0.271 e. The van der Waals surface area contributed by atoms with E-state index in [1.165, 1.54) is 23.1 Å². The van der Waals surface area contributed by atoms with Crippen LogP contribution in [-0.4, -0.2) is 53.9 Å². The third kappa shape index (κ3) is 2.90. The Hall–Kier alpha value is -2.68. The molecule has 2 amide bonds. The summed E-state index contributed by atoms with van der Waals surface area (Å²) in [5.41, 5.74) is 5.77. The number of ether oxygens (including phenoxy) is 1. The number of amides is 2. The van der Waals surface area contributed by atoms with Gasteiger partial charge in [-0.3, -0.25) is 24.6 Å². The van der Waals surface area contributed by atoms with Crippen molar-refractivity contribution in [1.29, 1.82) is 0 Å². The van der Waals surface area contributed by atoms with E-state index < -0.39 is 10.8 Å². The number of hydrogen-bond donors (Lipinski definition) is 1. The van der Waals surface area contributed by atoms with Crippen molar-refractivity contribution in [3.05, 3.63) is 28.3 Å². The van der Waals surface area contributed by atoms with E-state index in [1.54, 1.807) is 4.90 Å². The van der Waals surface area contributed by atoms with Crippen molar-refractivity contribution in [3.8, 4) is 5.75 Å². The molecule has 1 fully saturated rings. The summed E-state index contributed by atoms with van der Waals surface area (Å²) in [5.74, 6) is -0.264. The summed E-state index contributed by atoms with van der Waals surface area (Å²) >= 11 is 0. The van der Waals surface area contributed by atoms with E-state index in [0.29, 0.717) is 18.8 Å². The molecular formula is C15H18N4O5. The van der Waals surface area contributed by atoms with Crippen molar-refractivity contribution in [2.45, 2.75) is 18.9 Å². The maximum absolute atomic E-state index is 12.6. The highest BCUT2D eigenvalue weighted by molar-refractivity contribution is 6.02. The minimum Gasteiger partial charge on any atom is -0.482 e. The van der Waals surface area contributed by atoms with E-state index in [9.17, 15) is 19.7 Å². The minimum absolute atomic E-state index is 0.0155. The Kier molecular flexibility index (Phi) is 4.34. The summed E-state index contributed by atoms with van der Waals surface area (Å²) in [7, 11) is 0. The zero-order chi connectivity index (χ0) is 17.3. The first-order valence-corrected chi connectivity index (χ1v) is 7.72. The van der Waals surface area contributed by atoms with E-state index in [1.807, 2.05) is 0 Å². The van der Waals surface area contributed by atoms with Gasteiger partial charge in [0.05, 0.1) is 10.6 Å². The summed E-state index contributed by atoms with van der Waals surface area (Å²) in [6.07, 6.45) is 1.73. The molecule has 1 atom stereocenters. The molecule has 2 heterocycles. The summed E-state index contributed by atoms with van der Waals surface area (Å²) in [6.45, 7) is 0.622. The van der Waals surface area contributed by atoms with Gasteiger partial charge in [0.1, 0.15) is 12.3 Å². The Morgan fingerprint density at radius 3 is 2.96 bits per heavy atom. The highest BCUT2D eigenvalue weighted by Gasteiger charge is 2.33. The summed E-state index contributed by atoms with van der Waals surface area (Å²) in [6, 6.07) is 3.98. The SMILES string of the molecule is NCC1CCCN1C(=O)CN1C(=O)COc2ccc([N+](=O)[O-])cc21. The quantitative estimate of drug-likeness (QED) is 0.623. The molecule has 1 aromatic carbocycles. The number of nitro benzene ring substituents is 1. The van der Waals surface area contributed by atoms with Crippen molar-refractivity contribution >= 4 is 23.2 Å². The van der Waals surface area contributed by atoms with Crippen LogP contribution in [0.5, 0.6) is 5.75 Å². The number of hydrogen-bond acceptors (Lipinski definition) is 6. The number of anilines is 1. The van der Waals surface area contributed by atoms with Crippen LogP contribution in [0.1, 0.15) is 12.8 Å². The molecule has 128 valence electrons. The van der Waals surface area contributed by atoms with Gasteiger partial charge in [-0.2, -0.15) is 0 Å². The Morgan fingerprint density at radius 1 is 1.46 bits per heavy atom. The maximum atomic E-state index is 12.6. The van der Waals surface area contributed by atoms with Crippen molar-refractivity contribution in [2.24, 2.45) is 5.73 Å². The lowest BCUT2D eigenvalue weighted by atomic mass is 10.2. The van der Waals surface area contributed by atoms with Gasteiger partial charge in [-0.05, 0) is 18.9 Å². The predicted octanol–water partition coefficient (Wildman–Crippen LogP) is 0.270. The smallest absolute Gasteiger partial charge is 0.271 e. The van der Waals surface area contributed by atoms with Crippen LogP contribution in [0.15, 0.2) is 18.2 Å². The third-order valence-corrected chi connectivity index (χ3v) is 4.36. The van der Waals surface area contributed by atoms with Crippen LogP contribution < -0.4 is 15.4 Å². The number of nitro groups is 1. The fourth-order valence-electron chi connectivity index (χ4n) is 3.11. The monoisotopic (exact) mass is 334 g/mol. The molecule has 0 aliphatic carbocycles. The number of nitrogens with zero attached hydrogens (tertiary/aromatic N) is 3. The molecule has 2 N–H and O–H groups in total. The second kappa shape index (κ2) is 6.44. The van der Waals surface area contributed by atoms with Crippen LogP contribution in [0.4, 0.5) is 11.4 Å². The molecule has 0 aromatic heterocycles. The molecule has 1 saturated heterocycles. The number of fused-ring (bicyclic) bond motifs is 1. The Bertz CT molecular complexity index is 692. The summed E-state index contributed by atoms with van der Waals surface area (Å²) < 4.78 is 5.29. The van der Waals surface area contributed by atoms with Crippen molar-refractivity contribution < 1.29 is 19.2 Å². The van der Waals surface area contributed by atoms with Crippen LogP contribution >= 0.6 is 0 Å². The molecule has 0 radical (unpaired) electrons. The van der Waals surface area contributed by atoms with E-state index in [0.717, 1.165) is 12.8 Å². The number of carbonyl (C=O) groups excluding carboxylic acids is 2. The van der Waals surface area contributed by atoms with Gasteiger partial charge < -0.3 is 15.4 Å². The van der Waals surface area contributed by atoms with Gasteiger partial charge in [-0.15, -0.1) is 0 Å². The first-order valence-electron chi connectivity index (χ1n) is 7.72. The standard InChI is InChI=1S/C15H18N4O5/c16-7-11-2-1-5-17(11)14(20)8-18-12-6-10(19(22)23)3-4-13(12)24-9-15(18)21/h3-4,6,11H,1-2,5,7-9,16H2. The number of nitrogens with two attached hydrogens (primary N) is 1. The molecule has 24 heavy (non-hydrogen) atoms. The third-order valence-electron chi connectivity index (χ3n) is 4.36. The largest absolute Gasteiger partial charge is 0.482 e. The summed E-state index contributed by atoms with van der Waals surface area (Å²) in [5, 5.41) is 11.0. The lowest BCUT2D eigenvalue weighted by Crippen LogP contribution is -2.49. The molecular weight excluding hydrogens is 316 g/mol. The van der Waals surface area contributed by atoms with E-state index in [2.05, 4.69) is 0 Å². The zero-order valence-corrected chi connectivity index (χ0v) is 13.0. The molecule has 0 saturated carbocycles. The molecule has 9 heteroatoms. The van der Waals surface area contributed by atoms with Gasteiger partial charge in [-0.25, -0.2) is 0 Å². The number of non-ortho nitro benzene ring substituents is 1. The lowest BCUT2D eigenvalue weighted by molar-refractivity contribution is -0.384. The summed E-state index contributed by atoms with van der Waals surface area (Å²) in [4.78, 5) is 38.1. The fraction of sp³-hybridized carbons (Fsp3) is 0.467. The first kappa shape index (κ1) is 16.2. The van der Waals surface area contributed by atoms with Crippen LogP contribution in [0.25, 0.3) is 0 Å². The van der Waals surface area contributed by atoms with Crippen molar-refractivity contribution in [1.82, 2.24) is 4.90 Å². The molecule has 2 aliphatic rings. The van der Waals surface area contributed by atoms with E-state index in [4.69, 9.17) is 10.5 Å². The second-order valence-electron chi connectivity index (χ2n) is 5.80. The molecule has 1 unspecified atom stereocenters. The van der Waals surface area contributed by atoms with Gasteiger partial charge in [0, 0.05) is 31.3 Å². The highest BCUT2D eigenvalue weighted by Crippen LogP contribution is 2.35. The topological polar surface area (TPSA) is 119 Å². The van der Waals surface area contributed by atoms with E-state index >= 15 is 0 Å². The van der Waals surface area contributed by atoms with Crippen molar-refractivity contribution in [3.63, 3.8) is 0 Å². The number of carbonyl (C=O) groups is 2. The highest BCUT2D eigenvalue weighted by atomic mass is 16.6. The average molecular weight is 334 g/mol. The Balaban J connectivity index is 1.85. The number of benzene rings is 1. The van der Waals surface area contributed by atoms with Gasteiger partial charge in [0.2, 0.25) is 5.91 Å². The molecule has 0 spiro atoms. The molecule has 2 aliphatic heterocycles. The number of likely N-dealkylation sites (tertiary alicyclic amines) is 1. The molecule has 9 nitrogen and oxygen atoms in total. The van der Waals surface area contributed by atoms with Gasteiger partial charge in [0.25, 0.3) is 11.6 Å². The minimum atomic E-state index is -0.551. The normalized spacial score (nSPS) is 19.9. The van der Waals surface area contributed by atoms with Crippen LogP contribution in [0.3, 0.4) is 0 Å². The van der Waals surface area contributed by atoms with Crippen molar-refractivity contribution in [2.75, 3.05) is 31.1 Å². The lowest BCUT2D eigenvalue weighted by Gasteiger charge is -2.31. The van der Waals surface area contributed by atoms with E-state index in [-0.39, 0.29) is 36.5 Å². The zero-order valence-electron chi connectivity index (χ0n) is 13.0. The van der Waals surface area contributed by atoms with Gasteiger partial charge in [-0.1, -0.05) is 0 Å². The predicted molar refractivity (Wildman–Crippen MR) is 84.7 cm³/mol. The first-order chi connectivity index (χ1) is 11.5. The number of rotatable bonds is 4. The molecule has 1 aromatic rings. The Morgan fingerprint density at radius 2 is 2.25 bits per heavy atom.